The molecule has 0 aromatic carbocycles. The highest BCUT2D eigenvalue weighted by molar-refractivity contribution is 5.33. The Morgan fingerprint density at radius 2 is 1.95 bits per heavy atom. The fraction of sp³-hybridized carbons (Fsp3) is 0.500. The molecule has 2 aromatic rings. The third kappa shape index (κ3) is 3.17. The molecule has 0 aliphatic rings. The minimum Gasteiger partial charge on any atom is -0.338 e. The average Bonchev–Trinajstić information content (AvgIpc) is 2.71. The zero-order chi connectivity index (χ0) is 14.0. The highest BCUT2D eigenvalue weighted by Gasteiger charge is 2.13. The molecule has 5 nitrogen and oxygen atoms in total. The highest BCUT2D eigenvalue weighted by Crippen LogP contribution is 2.21. The molecule has 2 heterocycles. The maximum Gasteiger partial charge on any atom is 0.240 e. The summed E-state index contributed by atoms with van der Waals surface area (Å²) in [5, 5.41) is 7.17. The van der Waals surface area contributed by atoms with Crippen molar-refractivity contribution in [1.82, 2.24) is 20.4 Å². The number of hydrogen-bond donors (Lipinski definition) is 1. The van der Waals surface area contributed by atoms with Crippen molar-refractivity contribution in [2.75, 3.05) is 0 Å². The predicted octanol–water partition coefficient (Wildman–Crippen LogP) is 2.55. The Balaban J connectivity index is 2.10. The minimum atomic E-state index is 0.195. The van der Waals surface area contributed by atoms with Gasteiger partial charge in [-0.3, -0.25) is 4.98 Å². The first kappa shape index (κ1) is 13.7. The van der Waals surface area contributed by atoms with E-state index in [4.69, 9.17) is 4.52 Å². The van der Waals surface area contributed by atoms with Crippen molar-refractivity contribution >= 4 is 0 Å². The Hall–Kier alpha value is -1.75. The van der Waals surface area contributed by atoms with Gasteiger partial charge in [-0.05, 0) is 51.8 Å². The third-order valence-corrected chi connectivity index (χ3v) is 3.15. The number of aryl methyl sites for hydroxylation is 4. The lowest BCUT2D eigenvalue weighted by Crippen LogP contribution is -2.20. The standard InChI is InChI=1S/C14H20N4O/c1-8-6-9(2)16-11(4)14(8)10(3)15-7-13-17-12(5)18-19-13/h6,10,15H,7H2,1-5H3. The van der Waals surface area contributed by atoms with E-state index in [0.29, 0.717) is 18.3 Å². The fourth-order valence-electron chi connectivity index (χ4n) is 2.44. The molecular formula is C14H20N4O. The van der Waals surface area contributed by atoms with Gasteiger partial charge in [0.15, 0.2) is 5.82 Å². The van der Waals surface area contributed by atoms with Crippen molar-refractivity contribution < 1.29 is 4.52 Å². The van der Waals surface area contributed by atoms with E-state index in [2.05, 4.69) is 40.4 Å². The monoisotopic (exact) mass is 260 g/mol. The summed E-state index contributed by atoms with van der Waals surface area (Å²) in [5.74, 6) is 1.27. The lowest BCUT2D eigenvalue weighted by Gasteiger charge is -2.18. The lowest BCUT2D eigenvalue weighted by molar-refractivity contribution is 0.357. The van der Waals surface area contributed by atoms with Gasteiger partial charge in [-0.1, -0.05) is 5.16 Å². The number of aromatic nitrogens is 3. The van der Waals surface area contributed by atoms with Crippen LogP contribution >= 0.6 is 0 Å². The van der Waals surface area contributed by atoms with Crippen molar-refractivity contribution in [2.45, 2.75) is 47.2 Å². The Labute approximate surface area is 113 Å². The number of pyridine rings is 1. The molecule has 19 heavy (non-hydrogen) atoms. The molecule has 0 aliphatic carbocycles. The van der Waals surface area contributed by atoms with Crippen LogP contribution in [-0.4, -0.2) is 15.1 Å². The van der Waals surface area contributed by atoms with E-state index < -0.39 is 0 Å². The number of nitrogens with one attached hydrogen (secondary N) is 1. The summed E-state index contributed by atoms with van der Waals surface area (Å²) < 4.78 is 5.09. The summed E-state index contributed by atoms with van der Waals surface area (Å²) in [5.41, 5.74) is 4.62. The molecule has 0 amide bonds. The van der Waals surface area contributed by atoms with Gasteiger partial charge in [-0.25, -0.2) is 0 Å². The zero-order valence-electron chi connectivity index (χ0n) is 12.1. The smallest absolute Gasteiger partial charge is 0.240 e. The second kappa shape index (κ2) is 5.48. The number of nitrogens with zero attached hydrogens (tertiary/aromatic N) is 3. The van der Waals surface area contributed by atoms with Gasteiger partial charge in [-0.2, -0.15) is 4.98 Å². The molecule has 0 bridgehead atoms. The number of rotatable bonds is 4. The average molecular weight is 260 g/mol. The van der Waals surface area contributed by atoms with Gasteiger partial charge >= 0.3 is 0 Å². The SMILES string of the molecule is Cc1cc(C)c(C(C)NCc2nc(C)no2)c(C)n1. The van der Waals surface area contributed by atoms with Gasteiger partial charge in [0.05, 0.1) is 6.54 Å². The topological polar surface area (TPSA) is 63.8 Å². The first-order valence-electron chi connectivity index (χ1n) is 6.44. The molecule has 5 heteroatoms. The quantitative estimate of drug-likeness (QED) is 0.915. The maximum atomic E-state index is 5.09. The molecule has 0 saturated heterocycles. The Kier molecular flexibility index (Phi) is 3.95. The molecule has 1 unspecified atom stereocenters. The van der Waals surface area contributed by atoms with Gasteiger partial charge in [0, 0.05) is 17.4 Å². The lowest BCUT2D eigenvalue weighted by atomic mass is 10.0. The normalized spacial score (nSPS) is 12.7. The molecule has 0 saturated carbocycles. The molecule has 102 valence electrons. The van der Waals surface area contributed by atoms with E-state index in [1.807, 2.05) is 20.8 Å². The van der Waals surface area contributed by atoms with Gasteiger partial charge < -0.3 is 9.84 Å². The van der Waals surface area contributed by atoms with Crippen LogP contribution in [0.3, 0.4) is 0 Å². The van der Waals surface area contributed by atoms with E-state index >= 15 is 0 Å². The van der Waals surface area contributed by atoms with Crippen molar-refractivity contribution in [3.63, 3.8) is 0 Å². The molecule has 2 aromatic heterocycles. The van der Waals surface area contributed by atoms with Gasteiger partial charge in [0.1, 0.15) is 0 Å². The largest absolute Gasteiger partial charge is 0.338 e. The Bertz CT molecular complexity index is 554. The molecule has 1 atom stereocenters. The van der Waals surface area contributed by atoms with Crippen LogP contribution in [0.15, 0.2) is 10.6 Å². The summed E-state index contributed by atoms with van der Waals surface area (Å²) in [6.07, 6.45) is 0. The highest BCUT2D eigenvalue weighted by atomic mass is 16.5. The second-order valence-electron chi connectivity index (χ2n) is 4.92. The Morgan fingerprint density at radius 1 is 1.21 bits per heavy atom. The summed E-state index contributed by atoms with van der Waals surface area (Å²) in [6.45, 7) is 10.7. The van der Waals surface area contributed by atoms with Crippen molar-refractivity contribution in [1.29, 1.82) is 0 Å². The molecule has 1 N–H and O–H groups in total. The van der Waals surface area contributed by atoms with Crippen LogP contribution in [0.5, 0.6) is 0 Å². The van der Waals surface area contributed by atoms with Gasteiger partial charge in [0.25, 0.3) is 0 Å². The van der Waals surface area contributed by atoms with Gasteiger partial charge in [0.2, 0.25) is 5.89 Å². The van der Waals surface area contributed by atoms with Crippen molar-refractivity contribution in [3.05, 3.63) is 40.3 Å². The summed E-state index contributed by atoms with van der Waals surface area (Å²) in [6, 6.07) is 2.30. The first-order chi connectivity index (χ1) is 8.97. The minimum absolute atomic E-state index is 0.195. The summed E-state index contributed by atoms with van der Waals surface area (Å²) in [7, 11) is 0. The van der Waals surface area contributed by atoms with Crippen LogP contribution in [0.1, 0.15) is 47.2 Å². The van der Waals surface area contributed by atoms with E-state index in [9.17, 15) is 0 Å². The fourth-order valence-corrected chi connectivity index (χ4v) is 2.44. The van der Waals surface area contributed by atoms with Crippen LogP contribution in [0.25, 0.3) is 0 Å². The first-order valence-corrected chi connectivity index (χ1v) is 6.44. The van der Waals surface area contributed by atoms with E-state index in [0.717, 1.165) is 11.4 Å². The molecule has 0 fully saturated rings. The predicted molar refractivity (Wildman–Crippen MR) is 72.7 cm³/mol. The molecule has 0 spiro atoms. The zero-order valence-corrected chi connectivity index (χ0v) is 12.1. The third-order valence-electron chi connectivity index (χ3n) is 3.15. The summed E-state index contributed by atoms with van der Waals surface area (Å²) in [4.78, 5) is 8.70. The van der Waals surface area contributed by atoms with E-state index in [-0.39, 0.29) is 6.04 Å². The van der Waals surface area contributed by atoms with Gasteiger partial charge in [-0.15, -0.1) is 0 Å². The summed E-state index contributed by atoms with van der Waals surface area (Å²) >= 11 is 0. The maximum absolute atomic E-state index is 5.09. The van der Waals surface area contributed by atoms with Crippen LogP contribution in [0, 0.1) is 27.7 Å². The van der Waals surface area contributed by atoms with E-state index in [1.165, 1.54) is 11.1 Å². The molecule has 0 radical (unpaired) electrons. The van der Waals surface area contributed by atoms with Crippen LogP contribution in [0.4, 0.5) is 0 Å². The van der Waals surface area contributed by atoms with Crippen molar-refractivity contribution in [2.24, 2.45) is 0 Å². The van der Waals surface area contributed by atoms with E-state index in [1.54, 1.807) is 0 Å². The van der Waals surface area contributed by atoms with Crippen LogP contribution in [-0.2, 0) is 6.54 Å². The second-order valence-corrected chi connectivity index (χ2v) is 4.92. The van der Waals surface area contributed by atoms with Crippen LogP contribution < -0.4 is 5.32 Å². The molecule has 0 aliphatic heterocycles. The van der Waals surface area contributed by atoms with Crippen molar-refractivity contribution in [3.8, 4) is 0 Å². The number of hydrogen-bond acceptors (Lipinski definition) is 5. The molecule has 2 rings (SSSR count). The van der Waals surface area contributed by atoms with Crippen LogP contribution in [0.2, 0.25) is 0 Å². The molecular weight excluding hydrogens is 240 g/mol. The Morgan fingerprint density at radius 3 is 2.53 bits per heavy atom.